The highest BCUT2D eigenvalue weighted by Crippen LogP contribution is 2.38. The third kappa shape index (κ3) is 5.52. The molecule has 3 aromatic rings. The van der Waals surface area contributed by atoms with Crippen LogP contribution in [0.5, 0.6) is 11.5 Å². The number of carbonyl (C=O) groups is 1. The fourth-order valence-corrected chi connectivity index (χ4v) is 5.07. The molecule has 1 heterocycles. The molecule has 1 aliphatic rings. The van der Waals surface area contributed by atoms with Gasteiger partial charge in [0, 0.05) is 23.7 Å². The zero-order valence-electron chi connectivity index (χ0n) is 19.4. The molecule has 0 unspecified atom stereocenters. The highest BCUT2D eigenvalue weighted by molar-refractivity contribution is 7.99. The molecule has 4 rings (SSSR count). The van der Waals surface area contributed by atoms with E-state index in [0.29, 0.717) is 22.2 Å². The van der Waals surface area contributed by atoms with Crippen molar-refractivity contribution in [3.05, 3.63) is 53.8 Å². The van der Waals surface area contributed by atoms with E-state index in [1.807, 2.05) is 18.2 Å². The number of benzene rings is 2. The number of methoxy groups -OCH3 is 2. The number of rotatable bonds is 9. The predicted octanol–water partition coefficient (Wildman–Crippen LogP) is 5.02. The Labute approximate surface area is 203 Å². The smallest absolute Gasteiger partial charge is 0.230 e. The molecular formula is C25H29FN4O3S. The minimum absolute atomic E-state index is 0.151. The Morgan fingerprint density at radius 3 is 2.59 bits per heavy atom. The Hall–Kier alpha value is -3.07. The Kier molecular flexibility index (Phi) is 8.05. The van der Waals surface area contributed by atoms with Crippen LogP contribution >= 0.6 is 11.8 Å². The average molecular weight is 485 g/mol. The molecule has 0 radical (unpaired) electrons. The zero-order chi connectivity index (χ0) is 23.9. The van der Waals surface area contributed by atoms with Crippen molar-refractivity contribution in [2.45, 2.75) is 49.8 Å². The van der Waals surface area contributed by atoms with E-state index in [-0.39, 0.29) is 30.1 Å². The van der Waals surface area contributed by atoms with E-state index in [9.17, 15) is 9.18 Å². The lowest BCUT2D eigenvalue weighted by molar-refractivity contribution is -0.118. The molecule has 0 aliphatic heterocycles. The average Bonchev–Trinajstić information content (AvgIpc) is 3.31. The number of nitrogens with one attached hydrogen (secondary N) is 1. The molecular weight excluding hydrogens is 455 g/mol. The van der Waals surface area contributed by atoms with Crippen molar-refractivity contribution in [2.24, 2.45) is 0 Å². The third-order valence-corrected chi connectivity index (χ3v) is 6.96. The van der Waals surface area contributed by atoms with E-state index in [1.165, 1.54) is 24.2 Å². The standard InChI is InChI=1S/C25H29FN4O3S/c1-32-21-13-12-17(14-22(21)33-2)24-28-29-25(30(24)19-9-4-3-5-10-19)34-16-23(31)27-15-18-8-6-7-11-20(18)26/h6-8,11-14,19H,3-5,9-10,15-16H2,1-2H3,(H,27,31). The van der Waals surface area contributed by atoms with Gasteiger partial charge in [-0.25, -0.2) is 4.39 Å². The fourth-order valence-electron chi connectivity index (χ4n) is 4.23. The number of hydrogen-bond donors (Lipinski definition) is 1. The lowest BCUT2D eigenvalue weighted by atomic mass is 9.95. The number of thioether (sulfide) groups is 1. The first-order valence-electron chi connectivity index (χ1n) is 11.4. The number of carbonyl (C=O) groups excluding carboxylic acids is 1. The largest absolute Gasteiger partial charge is 0.493 e. The molecule has 34 heavy (non-hydrogen) atoms. The van der Waals surface area contributed by atoms with Gasteiger partial charge in [-0.15, -0.1) is 10.2 Å². The number of nitrogens with zero attached hydrogens (tertiary/aromatic N) is 3. The highest BCUT2D eigenvalue weighted by atomic mass is 32.2. The van der Waals surface area contributed by atoms with Crippen LogP contribution in [0, 0.1) is 5.82 Å². The van der Waals surface area contributed by atoms with Crippen LogP contribution in [0.3, 0.4) is 0 Å². The fraction of sp³-hybridized carbons (Fsp3) is 0.400. The lowest BCUT2D eigenvalue weighted by Crippen LogP contribution is -2.25. The summed E-state index contributed by atoms with van der Waals surface area (Å²) in [5.74, 6) is 1.69. The van der Waals surface area contributed by atoms with Crippen LogP contribution in [0.4, 0.5) is 4.39 Å². The molecule has 1 N–H and O–H groups in total. The quantitative estimate of drug-likeness (QED) is 0.430. The molecule has 1 saturated carbocycles. The number of halogens is 1. The van der Waals surface area contributed by atoms with Gasteiger partial charge in [-0.05, 0) is 37.1 Å². The maximum absolute atomic E-state index is 13.8. The van der Waals surface area contributed by atoms with Crippen molar-refractivity contribution in [1.29, 1.82) is 0 Å². The second-order valence-electron chi connectivity index (χ2n) is 8.19. The molecule has 0 saturated heterocycles. The number of amides is 1. The minimum Gasteiger partial charge on any atom is -0.493 e. The van der Waals surface area contributed by atoms with Crippen molar-refractivity contribution >= 4 is 17.7 Å². The number of aromatic nitrogens is 3. The normalized spacial score (nSPS) is 14.1. The van der Waals surface area contributed by atoms with Crippen molar-refractivity contribution < 1.29 is 18.7 Å². The summed E-state index contributed by atoms with van der Waals surface area (Å²) in [6, 6.07) is 12.4. The Balaban J connectivity index is 1.52. The molecule has 1 amide bonds. The second-order valence-corrected chi connectivity index (χ2v) is 9.14. The molecule has 0 spiro atoms. The Morgan fingerprint density at radius 1 is 1.09 bits per heavy atom. The van der Waals surface area contributed by atoms with Gasteiger partial charge in [0.25, 0.3) is 0 Å². The van der Waals surface area contributed by atoms with Crippen molar-refractivity contribution in [2.75, 3.05) is 20.0 Å². The van der Waals surface area contributed by atoms with E-state index in [2.05, 4.69) is 20.1 Å². The van der Waals surface area contributed by atoms with Crippen LogP contribution in [-0.4, -0.2) is 40.6 Å². The van der Waals surface area contributed by atoms with Gasteiger partial charge in [-0.3, -0.25) is 9.36 Å². The van der Waals surface area contributed by atoms with E-state index < -0.39 is 0 Å². The minimum atomic E-state index is -0.327. The summed E-state index contributed by atoms with van der Waals surface area (Å²) in [6.07, 6.45) is 5.63. The van der Waals surface area contributed by atoms with Crippen molar-refractivity contribution in [3.8, 4) is 22.9 Å². The van der Waals surface area contributed by atoms with Crippen LogP contribution in [0.15, 0.2) is 47.6 Å². The molecule has 1 fully saturated rings. The second kappa shape index (κ2) is 11.4. The Morgan fingerprint density at radius 2 is 1.85 bits per heavy atom. The van der Waals surface area contributed by atoms with Gasteiger partial charge in [-0.1, -0.05) is 49.2 Å². The van der Waals surface area contributed by atoms with Crippen LogP contribution in [-0.2, 0) is 11.3 Å². The Bertz CT molecular complexity index is 1130. The van der Waals surface area contributed by atoms with Gasteiger partial charge < -0.3 is 14.8 Å². The van der Waals surface area contributed by atoms with Gasteiger partial charge >= 0.3 is 0 Å². The summed E-state index contributed by atoms with van der Waals surface area (Å²) in [5.41, 5.74) is 1.34. The molecule has 9 heteroatoms. The highest BCUT2D eigenvalue weighted by Gasteiger charge is 2.25. The summed E-state index contributed by atoms with van der Waals surface area (Å²) < 4.78 is 26.8. The summed E-state index contributed by atoms with van der Waals surface area (Å²) in [7, 11) is 3.21. The third-order valence-electron chi connectivity index (χ3n) is 6.01. The van der Waals surface area contributed by atoms with Crippen LogP contribution in [0.25, 0.3) is 11.4 Å². The van der Waals surface area contributed by atoms with Gasteiger partial charge in [0.15, 0.2) is 22.5 Å². The maximum atomic E-state index is 13.8. The molecule has 1 aromatic heterocycles. The number of ether oxygens (including phenoxy) is 2. The summed E-state index contributed by atoms with van der Waals surface area (Å²) in [5, 5.41) is 12.4. The van der Waals surface area contributed by atoms with Crippen LogP contribution < -0.4 is 14.8 Å². The summed E-state index contributed by atoms with van der Waals surface area (Å²) in [6.45, 7) is 0.151. The van der Waals surface area contributed by atoms with E-state index in [4.69, 9.17) is 9.47 Å². The van der Waals surface area contributed by atoms with Crippen LogP contribution in [0.2, 0.25) is 0 Å². The summed E-state index contributed by atoms with van der Waals surface area (Å²) in [4.78, 5) is 12.5. The predicted molar refractivity (Wildman–Crippen MR) is 130 cm³/mol. The SMILES string of the molecule is COc1ccc(-c2nnc(SCC(=O)NCc3ccccc3F)n2C2CCCCC2)cc1OC. The molecule has 2 aromatic carbocycles. The molecule has 0 atom stereocenters. The maximum Gasteiger partial charge on any atom is 0.230 e. The molecule has 7 nitrogen and oxygen atoms in total. The zero-order valence-corrected chi connectivity index (χ0v) is 20.2. The summed E-state index contributed by atoms with van der Waals surface area (Å²) >= 11 is 1.35. The first-order chi connectivity index (χ1) is 16.6. The first-order valence-corrected chi connectivity index (χ1v) is 12.4. The van der Waals surface area contributed by atoms with Crippen LogP contribution in [0.1, 0.15) is 43.7 Å². The van der Waals surface area contributed by atoms with Crippen molar-refractivity contribution in [1.82, 2.24) is 20.1 Å². The topological polar surface area (TPSA) is 78.3 Å². The van der Waals surface area contributed by atoms with Crippen molar-refractivity contribution in [3.63, 3.8) is 0 Å². The van der Waals surface area contributed by atoms with Gasteiger partial charge in [0.05, 0.1) is 20.0 Å². The van der Waals surface area contributed by atoms with Gasteiger partial charge in [0.2, 0.25) is 5.91 Å². The molecule has 0 bridgehead atoms. The van der Waals surface area contributed by atoms with E-state index in [1.54, 1.807) is 32.4 Å². The van der Waals surface area contributed by atoms with E-state index >= 15 is 0 Å². The monoisotopic (exact) mass is 484 g/mol. The van der Waals surface area contributed by atoms with Gasteiger partial charge in [-0.2, -0.15) is 0 Å². The van der Waals surface area contributed by atoms with E-state index in [0.717, 1.165) is 37.1 Å². The lowest BCUT2D eigenvalue weighted by Gasteiger charge is -2.25. The first kappa shape index (κ1) is 24.1. The molecule has 1 aliphatic carbocycles. The molecule has 180 valence electrons. The number of hydrogen-bond acceptors (Lipinski definition) is 6. The van der Waals surface area contributed by atoms with Gasteiger partial charge in [0.1, 0.15) is 5.82 Å².